The number of fused-ring (bicyclic) bond motifs is 2. The van der Waals surface area contributed by atoms with Gasteiger partial charge in [0.25, 0.3) is 0 Å². The number of piperidine rings is 1. The minimum Gasteiger partial charge on any atom is -0.492 e. The van der Waals surface area contributed by atoms with Gasteiger partial charge in [0, 0.05) is 36.1 Å². The largest absolute Gasteiger partial charge is 0.492 e. The van der Waals surface area contributed by atoms with Gasteiger partial charge in [-0.1, -0.05) is 0 Å². The van der Waals surface area contributed by atoms with Gasteiger partial charge in [0.1, 0.15) is 35.5 Å². The maximum Gasteiger partial charge on any atom is 0.161 e. The number of nitrogens with zero attached hydrogens (tertiary/aromatic N) is 6. The van der Waals surface area contributed by atoms with Crippen LogP contribution in [0.4, 0.5) is 4.39 Å². The van der Waals surface area contributed by atoms with Gasteiger partial charge >= 0.3 is 0 Å². The maximum atomic E-state index is 14.6. The third-order valence-electron chi connectivity index (χ3n) is 7.61. The first-order chi connectivity index (χ1) is 21.5. The van der Waals surface area contributed by atoms with Crippen LogP contribution in [0.15, 0.2) is 61.2 Å². The highest BCUT2D eigenvalue weighted by molar-refractivity contribution is 5.96. The molecule has 6 heterocycles. The van der Waals surface area contributed by atoms with E-state index in [2.05, 4.69) is 30.5 Å². The Morgan fingerprint density at radius 1 is 0.886 bits per heavy atom. The molecule has 12 heteroatoms. The highest BCUT2D eigenvalue weighted by Gasteiger charge is 2.19. The van der Waals surface area contributed by atoms with E-state index >= 15 is 0 Å². The van der Waals surface area contributed by atoms with Crippen molar-refractivity contribution >= 4 is 22.1 Å². The fourth-order valence-electron chi connectivity index (χ4n) is 5.36. The van der Waals surface area contributed by atoms with Gasteiger partial charge in [-0.2, -0.15) is 5.10 Å². The van der Waals surface area contributed by atoms with Crippen molar-refractivity contribution in [2.75, 3.05) is 40.3 Å². The summed E-state index contributed by atoms with van der Waals surface area (Å²) in [5, 5.41) is 11.0. The molecular formula is C32H32FN9O2. The first kappa shape index (κ1) is 27.9. The summed E-state index contributed by atoms with van der Waals surface area (Å²) >= 11 is 0. The van der Waals surface area contributed by atoms with Crippen LogP contribution in [0.3, 0.4) is 0 Å². The van der Waals surface area contributed by atoms with E-state index < -0.39 is 5.82 Å². The highest BCUT2D eigenvalue weighted by atomic mass is 19.1. The molecule has 1 aliphatic heterocycles. The Bertz CT molecular complexity index is 1930. The first-order valence-electron chi connectivity index (χ1n) is 14.6. The molecular weight excluding hydrogens is 561 g/mol. The van der Waals surface area contributed by atoms with Gasteiger partial charge in [-0.3, -0.25) is 15.1 Å². The van der Waals surface area contributed by atoms with Gasteiger partial charge in [0.2, 0.25) is 0 Å². The molecule has 7 rings (SSSR count). The van der Waals surface area contributed by atoms with E-state index in [0.29, 0.717) is 58.1 Å². The van der Waals surface area contributed by atoms with Gasteiger partial charge in [-0.15, -0.1) is 0 Å². The summed E-state index contributed by atoms with van der Waals surface area (Å²) in [5.41, 5.74) is 6.19. The number of pyridine rings is 3. The first-order valence-corrected chi connectivity index (χ1v) is 14.6. The number of imidazole rings is 1. The van der Waals surface area contributed by atoms with Crippen molar-refractivity contribution in [3.8, 4) is 45.4 Å². The molecule has 0 spiro atoms. The predicted molar refractivity (Wildman–Crippen MR) is 166 cm³/mol. The second-order valence-electron chi connectivity index (χ2n) is 11.1. The van der Waals surface area contributed by atoms with Crippen molar-refractivity contribution < 1.29 is 13.9 Å². The molecule has 5 aromatic heterocycles. The molecule has 0 radical (unpaired) electrons. The van der Waals surface area contributed by atoms with Crippen LogP contribution in [-0.2, 0) is 0 Å². The highest BCUT2D eigenvalue weighted by Crippen LogP contribution is 2.33. The zero-order valence-corrected chi connectivity index (χ0v) is 24.5. The van der Waals surface area contributed by atoms with E-state index in [1.165, 1.54) is 12.1 Å². The molecule has 0 unspecified atom stereocenters. The number of benzene rings is 1. The zero-order valence-electron chi connectivity index (χ0n) is 24.5. The number of aromatic nitrogens is 7. The number of ether oxygens (including phenoxy) is 2. The summed E-state index contributed by atoms with van der Waals surface area (Å²) in [4.78, 5) is 24.0. The van der Waals surface area contributed by atoms with Crippen molar-refractivity contribution in [3.63, 3.8) is 0 Å². The van der Waals surface area contributed by atoms with Crippen molar-refractivity contribution in [3.05, 3.63) is 67.0 Å². The Kier molecular flexibility index (Phi) is 7.59. The van der Waals surface area contributed by atoms with Gasteiger partial charge in [-0.25, -0.2) is 14.4 Å². The van der Waals surface area contributed by atoms with E-state index in [-0.39, 0.29) is 6.10 Å². The van der Waals surface area contributed by atoms with Crippen molar-refractivity contribution in [1.29, 1.82) is 0 Å². The molecule has 0 aliphatic carbocycles. The van der Waals surface area contributed by atoms with Crippen molar-refractivity contribution in [2.24, 2.45) is 0 Å². The standard InChI is InChI=1S/C32H32FN9O2/c1-42(2)9-10-43-23-12-19(11-21(33)14-23)25-17-36-18-28-29(25)39-32(38-28)31-30-27(40-41-31)4-3-26(37-30)20-13-24(16-35-15-20)44-22-5-7-34-8-6-22/h3-4,11-18,22,34H,5-10H2,1-2H3,(H,38,39)(H,40,41). The molecule has 11 nitrogen and oxygen atoms in total. The average molecular weight is 594 g/mol. The minimum absolute atomic E-state index is 0.172. The molecule has 0 saturated carbocycles. The number of hydrogen-bond donors (Lipinski definition) is 3. The van der Waals surface area contributed by atoms with Crippen LogP contribution in [0.2, 0.25) is 0 Å². The topological polar surface area (TPSA) is 130 Å². The van der Waals surface area contributed by atoms with E-state index in [4.69, 9.17) is 19.4 Å². The molecule has 0 atom stereocenters. The van der Waals surface area contributed by atoms with Crippen molar-refractivity contribution in [2.45, 2.75) is 18.9 Å². The SMILES string of the molecule is CN(C)CCOc1cc(F)cc(-c2cncc3[nH]c(-c4n[nH]c5ccc(-c6cncc(OC7CCNCC7)c6)nc45)nc23)c1. The van der Waals surface area contributed by atoms with Gasteiger partial charge < -0.3 is 24.7 Å². The van der Waals surface area contributed by atoms with Crippen LogP contribution < -0.4 is 14.8 Å². The van der Waals surface area contributed by atoms with E-state index in [1.807, 2.05) is 37.2 Å². The Morgan fingerprint density at radius 2 is 1.73 bits per heavy atom. The molecule has 224 valence electrons. The molecule has 1 aliphatic rings. The summed E-state index contributed by atoms with van der Waals surface area (Å²) in [6.07, 6.45) is 8.99. The average Bonchev–Trinajstić information content (AvgIpc) is 3.65. The van der Waals surface area contributed by atoms with Gasteiger partial charge in [0.05, 0.1) is 34.6 Å². The molecule has 44 heavy (non-hydrogen) atoms. The Balaban J connectivity index is 1.21. The van der Waals surface area contributed by atoms with Crippen LogP contribution in [-0.4, -0.2) is 86.5 Å². The smallest absolute Gasteiger partial charge is 0.161 e. The monoisotopic (exact) mass is 593 g/mol. The van der Waals surface area contributed by atoms with Crippen LogP contribution in [0.5, 0.6) is 11.5 Å². The van der Waals surface area contributed by atoms with Crippen LogP contribution >= 0.6 is 0 Å². The third kappa shape index (κ3) is 5.81. The molecule has 3 N–H and O–H groups in total. The predicted octanol–water partition coefficient (Wildman–Crippen LogP) is 4.84. The zero-order chi connectivity index (χ0) is 30.0. The van der Waals surface area contributed by atoms with Crippen LogP contribution in [0.25, 0.3) is 56.0 Å². The maximum absolute atomic E-state index is 14.6. The number of nitrogens with one attached hydrogen (secondary N) is 3. The summed E-state index contributed by atoms with van der Waals surface area (Å²) < 4.78 is 26.7. The lowest BCUT2D eigenvalue weighted by molar-refractivity contribution is 0.162. The number of halogens is 1. The summed E-state index contributed by atoms with van der Waals surface area (Å²) in [5.74, 6) is 1.30. The number of aromatic amines is 2. The molecule has 1 aromatic carbocycles. The van der Waals surface area contributed by atoms with E-state index in [0.717, 1.165) is 48.5 Å². The minimum atomic E-state index is -0.398. The van der Waals surface area contributed by atoms with Crippen molar-refractivity contribution in [1.82, 2.24) is 45.3 Å². The second-order valence-corrected chi connectivity index (χ2v) is 11.1. The summed E-state index contributed by atoms with van der Waals surface area (Å²) in [7, 11) is 3.92. The fourth-order valence-corrected chi connectivity index (χ4v) is 5.36. The quantitative estimate of drug-likeness (QED) is 0.216. The number of likely N-dealkylation sites (N-methyl/N-ethyl adjacent to an activating group) is 1. The molecule has 0 bridgehead atoms. The molecule has 6 aromatic rings. The number of hydrogen-bond acceptors (Lipinski definition) is 9. The second kappa shape index (κ2) is 12.0. The summed E-state index contributed by atoms with van der Waals surface area (Å²) in [6.45, 7) is 3.06. The lowest BCUT2D eigenvalue weighted by atomic mass is 10.1. The Labute approximate surface area is 252 Å². The van der Waals surface area contributed by atoms with E-state index in [1.54, 1.807) is 30.9 Å². The van der Waals surface area contributed by atoms with Crippen LogP contribution in [0, 0.1) is 5.82 Å². The third-order valence-corrected chi connectivity index (χ3v) is 7.61. The molecule has 1 fully saturated rings. The molecule has 1 saturated heterocycles. The lowest BCUT2D eigenvalue weighted by Crippen LogP contribution is -2.34. The van der Waals surface area contributed by atoms with Crippen LogP contribution in [0.1, 0.15) is 12.8 Å². The van der Waals surface area contributed by atoms with E-state index in [9.17, 15) is 4.39 Å². The normalized spacial score (nSPS) is 14.1. The summed E-state index contributed by atoms with van der Waals surface area (Å²) in [6, 6.07) is 10.5. The Morgan fingerprint density at radius 3 is 2.59 bits per heavy atom. The van der Waals surface area contributed by atoms with Gasteiger partial charge in [0.15, 0.2) is 11.5 Å². The lowest BCUT2D eigenvalue weighted by Gasteiger charge is -2.23. The Hall–Kier alpha value is -4.94. The number of H-pyrrole nitrogens is 2. The molecule has 0 amide bonds. The van der Waals surface area contributed by atoms with Gasteiger partial charge in [-0.05, 0) is 75.9 Å². The number of rotatable bonds is 9. The fraction of sp³-hybridized carbons (Fsp3) is 0.281.